The third kappa shape index (κ3) is 4.29. The van der Waals surface area contributed by atoms with E-state index in [4.69, 9.17) is 4.74 Å². The standard InChI is InChI=1S/C16H20N4O3/c21-16(22)6-12-9-20(10-13-7-18-11-19-13)5-3-15(12)23-14-2-1-4-17-8-14/h1-2,4,7-8,11-12,15H,3,5-6,9-10H2,(H,18,19)(H,21,22)/t12-,15-/m1/s1. The molecule has 2 aromatic heterocycles. The van der Waals surface area contributed by atoms with E-state index < -0.39 is 5.97 Å². The molecule has 1 fully saturated rings. The van der Waals surface area contributed by atoms with E-state index in [-0.39, 0.29) is 18.4 Å². The molecule has 0 aromatic carbocycles. The van der Waals surface area contributed by atoms with Crippen LogP contribution >= 0.6 is 0 Å². The third-order valence-electron chi connectivity index (χ3n) is 4.06. The zero-order chi connectivity index (χ0) is 16.1. The molecule has 122 valence electrons. The van der Waals surface area contributed by atoms with Crippen molar-refractivity contribution in [3.05, 3.63) is 42.7 Å². The zero-order valence-electron chi connectivity index (χ0n) is 12.8. The number of nitrogens with zero attached hydrogens (tertiary/aromatic N) is 3. The number of carboxylic acid groups (broad SMARTS) is 1. The quantitative estimate of drug-likeness (QED) is 0.840. The van der Waals surface area contributed by atoms with Gasteiger partial charge in [-0.15, -0.1) is 0 Å². The number of pyridine rings is 1. The molecule has 0 radical (unpaired) electrons. The molecule has 0 spiro atoms. The van der Waals surface area contributed by atoms with E-state index in [1.54, 1.807) is 24.9 Å². The molecule has 23 heavy (non-hydrogen) atoms. The van der Waals surface area contributed by atoms with Crippen LogP contribution in [0.25, 0.3) is 0 Å². The Balaban J connectivity index is 1.64. The van der Waals surface area contributed by atoms with Crippen molar-refractivity contribution in [1.82, 2.24) is 19.9 Å². The van der Waals surface area contributed by atoms with Crippen LogP contribution < -0.4 is 4.74 Å². The maximum atomic E-state index is 11.2. The Morgan fingerprint density at radius 3 is 3.04 bits per heavy atom. The second kappa shape index (κ2) is 7.23. The molecule has 2 atom stereocenters. The first-order valence-electron chi connectivity index (χ1n) is 7.69. The van der Waals surface area contributed by atoms with E-state index in [1.165, 1.54) is 0 Å². The second-order valence-electron chi connectivity index (χ2n) is 5.80. The first-order valence-corrected chi connectivity index (χ1v) is 7.69. The minimum absolute atomic E-state index is 0.0515. The first-order chi connectivity index (χ1) is 11.2. The highest BCUT2D eigenvalue weighted by Gasteiger charge is 2.32. The Morgan fingerprint density at radius 1 is 1.43 bits per heavy atom. The number of aromatic amines is 1. The van der Waals surface area contributed by atoms with Crippen molar-refractivity contribution in [3.8, 4) is 5.75 Å². The second-order valence-corrected chi connectivity index (χ2v) is 5.80. The smallest absolute Gasteiger partial charge is 0.303 e. The fraction of sp³-hybridized carbons (Fsp3) is 0.438. The summed E-state index contributed by atoms with van der Waals surface area (Å²) in [5.74, 6) is -0.155. The van der Waals surface area contributed by atoms with Gasteiger partial charge in [-0.25, -0.2) is 4.98 Å². The number of imidazole rings is 1. The zero-order valence-corrected chi connectivity index (χ0v) is 12.8. The van der Waals surface area contributed by atoms with E-state index in [9.17, 15) is 9.90 Å². The van der Waals surface area contributed by atoms with Gasteiger partial charge in [0.1, 0.15) is 11.9 Å². The summed E-state index contributed by atoms with van der Waals surface area (Å²) in [6, 6.07) is 3.66. The van der Waals surface area contributed by atoms with Gasteiger partial charge in [0.15, 0.2) is 0 Å². The first kappa shape index (κ1) is 15.5. The predicted octanol–water partition coefficient (Wildman–Crippen LogP) is 1.55. The van der Waals surface area contributed by atoms with Crippen molar-refractivity contribution in [2.45, 2.75) is 25.5 Å². The van der Waals surface area contributed by atoms with Crippen LogP contribution in [0.1, 0.15) is 18.5 Å². The Labute approximate surface area is 134 Å². The highest BCUT2D eigenvalue weighted by molar-refractivity contribution is 5.67. The predicted molar refractivity (Wildman–Crippen MR) is 82.9 cm³/mol. The molecular formula is C16H20N4O3. The highest BCUT2D eigenvalue weighted by atomic mass is 16.5. The highest BCUT2D eigenvalue weighted by Crippen LogP contribution is 2.26. The summed E-state index contributed by atoms with van der Waals surface area (Å²) in [4.78, 5) is 24.6. The lowest BCUT2D eigenvalue weighted by molar-refractivity contribution is -0.139. The van der Waals surface area contributed by atoms with Crippen molar-refractivity contribution in [3.63, 3.8) is 0 Å². The number of H-pyrrole nitrogens is 1. The lowest BCUT2D eigenvalue weighted by Crippen LogP contribution is -2.46. The maximum Gasteiger partial charge on any atom is 0.303 e. The fourth-order valence-electron chi connectivity index (χ4n) is 3.01. The molecule has 0 unspecified atom stereocenters. The molecule has 2 N–H and O–H groups in total. The molecule has 0 bridgehead atoms. The van der Waals surface area contributed by atoms with Crippen molar-refractivity contribution in [2.75, 3.05) is 13.1 Å². The molecule has 0 aliphatic carbocycles. The molecule has 2 aromatic rings. The molecule has 1 saturated heterocycles. The van der Waals surface area contributed by atoms with Crippen molar-refractivity contribution in [1.29, 1.82) is 0 Å². The van der Waals surface area contributed by atoms with Crippen LogP contribution in [0.3, 0.4) is 0 Å². The van der Waals surface area contributed by atoms with E-state index >= 15 is 0 Å². The summed E-state index contributed by atoms with van der Waals surface area (Å²) in [5, 5.41) is 9.19. The van der Waals surface area contributed by atoms with Gasteiger partial charge in [0.05, 0.1) is 18.9 Å². The van der Waals surface area contributed by atoms with Crippen LogP contribution in [0.2, 0.25) is 0 Å². The SMILES string of the molecule is O=C(O)C[C@@H]1CN(Cc2cnc[nH]2)CC[C@H]1Oc1cccnc1. The van der Waals surface area contributed by atoms with E-state index in [1.807, 2.05) is 12.1 Å². The van der Waals surface area contributed by atoms with Gasteiger partial charge in [-0.3, -0.25) is 14.7 Å². The monoisotopic (exact) mass is 316 g/mol. The van der Waals surface area contributed by atoms with Gasteiger partial charge < -0.3 is 14.8 Å². The molecule has 3 heterocycles. The molecule has 7 nitrogen and oxygen atoms in total. The van der Waals surface area contributed by atoms with Crippen molar-refractivity contribution < 1.29 is 14.6 Å². The summed E-state index contributed by atoms with van der Waals surface area (Å²) in [5.41, 5.74) is 1.03. The summed E-state index contributed by atoms with van der Waals surface area (Å²) >= 11 is 0. The average Bonchev–Trinajstić information content (AvgIpc) is 3.03. The molecule has 1 aliphatic rings. The van der Waals surface area contributed by atoms with Gasteiger partial charge in [-0.2, -0.15) is 0 Å². The lowest BCUT2D eigenvalue weighted by Gasteiger charge is -2.37. The van der Waals surface area contributed by atoms with Crippen LogP contribution in [-0.4, -0.2) is 50.1 Å². The number of aliphatic carboxylic acids is 1. The fourth-order valence-corrected chi connectivity index (χ4v) is 3.01. The normalized spacial score (nSPS) is 21.9. The van der Waals surface area contributed by atoms with Crippen LogP contribution in [0, 0.1) is 5.92 Å². The molecule has 1 aliphatic heterocycles. The van der Waals surface area contributed by atoms with Crippen LogP contribution in [0.4, 0.5) is 0 Å². The number of rotatable bonds is 6. The van der Waals surface area contributed by atoms with Crippen molar-refractivity contribution >= 4 is 5.97 Å². The van der Waals surface area contributed by atoms with Crippen LogP contribution in [0.15, 0.2) is 37.1 Å². The van der Waals surface area contributed by atoms with Gasteiger partial charge in [0.2, 0.25) is 0 Å². The Hall–Kier alpha value is -2.41. The van der Waals surface area contributed by atoms with Gasteiger partial charge >= 0.3 is 5.97 Å². The van der Waals surface area contributed by atoms with Gasteiger partial charge in [-0.05, 0) is 18.6 Å². The van der Waals surface area contributed by atoms with Crippen LogP contribution in [0.5, 0.6) is 5.75 Å². The largest absolute Gasteiger partial charge is 0.488 e. The number of aromatic nitrogens is 3. The molecule has 3 rings (SSSR count). The number of carboxylic acids is 1. The van der Waals surface area contributed by atoms with E-state index in [0.29, 0.717) is 12.3 Å². The number of ether oxygens (including phenoxy) is 1. The van der Waals surface area contributed by atoms with Gasteiger partial charge in [0.25, 0.3) is 0 Å². The minimum Gasteiger partial charge on any atom is -0.488 e. The number of hydrogen-bond acceptors (Lipinski definition) is 5. The number of piperidine rings is 1. The Bertz CT molecular complexity index is 618. The Morgan fingerprint density at radius 2 is 2.35 bits per heavy atom. The summed E-state index contributed by atoms with van der Waals surface area (Å²) in [6.07, 6.45) is 7.59. The number of carbonyl (C=O) groups is 1. The maximum absolute atomic E-state index is 11.2. The molecule has 0 amide bonds. The Kier molecular flexibility index (Phi) is 4.87. The summed E-state index contributed by atoms with van der Waals surface area (Å²) in [6.45, 7) is 2.30. The minimum atomic E-state index is -0.793. The van der Waals surface area contributed by atoms with E-state index in [0.717, 1.165) is 25.2 Å². The number of hydrogen-bond donors (Lipinski definition) is 2. The topological polar surface area (TPSA) is 91.3 Å². The third-order valence-corrected chi connectivity index (χ3v) is 4.06. The van der Waals surface area contributed by atoms with Crippen molar-refractivity contribution in [2.24, 2.45) is 5.92 Å². The molecule has 0 saturated carbocycles. The number of likely N-dealkylation sites (tertiary alicyclic amines) is 1. The molecular weight excluding hydrogens is 296 g/mol. The summed E-state index contributed by atoms with van der Waals surface area (Å²) < 4.78 is 5.98. The summed E-state index contributed by atoms with van der Waals surface area (Å²) in [7, 11) is 0. The van der Waals surface area contributed by atoms with Crippen LogP contribution in [-0.2, 0) is 11.3 Å². The van der Waals surface area contributed by atoms with E-state index in [2.05, 4.69) is 19.9 Å². The van der Waals surface area contributed by atoms with Gasteiger partial charge in [0, 0.05) is 43.6 Å². The lowest BCUT2D eigenvalue weighted by atomic mass is 9.91. The molecule has 7 heteroatoms. The average molecular weight is 316 g/mol. The number of nitrogens with one attached hydrogen (secondary N) is 1. The van der Waals surface area contributed by atoms with Gasteiger partial charge in [-0.1, -0.05) is 0 Å².